The van der Waals surface area contributed by atoms with Crippen LogP contribution in [0.25, 0.3) is 16.6 Å². The summed E-state index contributed by atoms with van der Waals surface area (Å²) in [6.45, 7) is 8.30. The van der Waals surface area contributed by atoms with E-state index >= 15 is 0 Å². The zero-order valence-electron chi connectivity index (χ0n) is 19.4. The fourth-order valence-electron chi connectivity index (χ4n) is 4.29. The van der Waals surface area contributed by atoms with Crippen LogP contribution in [-0.2, 0) is 4.79 Å². The molecule has 0 spiro atoms. The van der Waals surface area contributed by atoms with E-state index < -0.39 is 0 Å². The number of rotatable bonds is 7. The van der Waals surface area contributed by atoms with Crippen LogP contribution in [0, 0.1) is 17.2 Å². The Morgan fingerprint density at radius 1 is 1.30 bits per heavy atom. The monoisotopic (exact) mass is 446 g/mol. The number of carbonyl (C=O) groups excluding carboxylic acids is 1. The number of amides is 1. The van der Waals surface area contributed by atoms with Crippen LogP contribution < -0.4 is 15.0 Å². The number of nitriles is 1. The molecule has 0 saturated carbocycles. The average molecular weight is 447 g/mol. The number of fused-ring (bicyclic) bond motifs is 1. The number of nitrogens with zero attached hydrogens (tertiary/aromatic N) is 5. The van der Waals surface area contributed by atoms with Crippen LogP contribution in [0.15, 0.2) is 36.8 Å². The van der Waals surface area contributed by atoms with Crippen molar-refractivity contribution in [2.24, 2.45) is 5.92 Å². The molecular weight excluding hydrogens is 416 g/mol. The van der Waals surface area contributed by atoms with Gasteiger partial charge in [-0.1, -0.05) is 13.8 Å². The fraction of sp³-hybridized carbons (Fsp3) is 0.440. The predicted octanol–water partition coefficient (Wildman–Crippen LogP) is 3.80. The summed E-state index contributed by atoms with van der Waals surface area (Å²) in [4.78, 5) is 19.0. The Bertz CT molecular complexity index is 1150. The average Bonchev–Trinajstić information content (AvgIpc) is 3.22. The molecule has 0 bridgehead atoms. The molecule has 1 N–H and O–H groups in total. The molecule has 0 atom stereocenters. The second-order valence-electron chi connectivity index (χ2n) is 8.82. The lowest BCUT2D eigenvalue weighted by atomic mass is 10.0. The zero-order chi connectivity index (χ0) is 23.4. The molecule has 1 aliphatic rings. The van der Waals surface area contributed by atoms with E-state index in [1.54, 1.807) is 16.9 Å². The van der Waals surface area contributed by atoms with Crippen LogP contribution >= 0.6 is 0 Å². The number of pyridine rings is 2. The summed E-state index contributed by atoms with van der Waals surface area (Å²) in [5, 5.41) is 17.0. The third-order valence-corrected chi connectivity index (χ3v) is 5.85. The van der Waals surface area contributed by atoms with Gasteiger partial charge in [-0.05, 0) is 43.9 Å². The summed E-state index contributed by atoms with van der Waals surface area (Å²) in [5.41, 5.74) is 3.02. The van der Waals surface area contributed by atoms with E-state index in [1.807, 2.05) is 31.3 Å². The lowest BCUT2D eigenvalue weighted by Crippen LogP contribution is -2.45. The van der Waals surface area contributed by atoms with E-state index in [0.717, 1.165) is 48.4 Å². The lowest BCUT2D eigenvalue weighted by Gasteiger charge is -2.33. The van der Waals surface area contributed by atoms with Gasteiger partial charge in [0.15, 0.2) is 0 Å². The van der Waals surface area contributed by atoms with Crippen LogP contribution in [-0.4, -0.2) is 46.2 Å². The lowest BCUT2D eigenvalue weighted by molar-refractivity contribution is -0.122. The van der Waals surface area contributed by atoms with Crippen LogP contribution in [0.5, 0.6) is 5.75 Å². The molecule has 1 fully saturated rings. The SMILES string of the molecule is CCOc1cc(-c2ccc(N3CCC(NC(=O)CC(C)C)CC3)nc2)c2c(C#N)cnn2c1. The molecule has 4 heterocycles. The molecule has 1 aliphatic heterocycles. The minimum atomic E-state index is 0.142. The summed E-state index contributed by atoms with van der Waals surface area (Å²) < 4.78 is 7.38. The van der Waals surface area contributed by atoms with Gasteiger partial charge in [0.05, 0.1) is 30.1 Å². The van der Waals surface area contributed by atoms with E-state index in [2.05, 4.69) is 35.2 Å². The fourth-order valence-corrected chi connectivity index (χ4v) is 4.29. The highest BCUT2D eigenvalue weighted by atomic mass is 16.5. The minimum absolute atomic E-state index is 0.142. The Balaban J connectivity index is 1.49. The number of anilines is 1. The smallest absolute Gasteiger partial charge is 0.220 e. The van der Waals surface area contributed by atoms with E-state index in [1.165, 1.54) is 0 Å². The zero-order valence-corrected chi connectivity index (χ0v) is 19.4. The standard InChI is InChI=1S/C25H30N6O2/c1-4-33-21-12-22(25-19(13-26)15-28-31(25)16-21)18-5-6-23(27-14-18)30-9-7-20(8-10-30)29-24(32)11-17(2)3/h5-6,12,14-17,20H,4,7-11H2,1-3H3,(H,29,32). The van der Waals surface area contributed by atoms with Crippen molar-refractivity contribution in [1.82, 2.24) is 19.9 Å². The maximum atomic E-state index is 12.1. The molecule has 1 amide bonds. The number of hydrogen-bond acceptors (Lipinski definition) is 6. The number of ether oxygens (including phenoxy) is 1. The highest BCUT2D eigenvalue weighted by molar-refractivity contribution is 5.85. The third-order valence-electron chi connectivity index (χ3n) is 5.85. The number of piperidine rings is 1. The molecule has 3 aromatic rings. The van der Waals surface area contributed by atoms with Crippen LogP contribution in [0.1, 0.15) is 45.6 Å². The first-order chi connectivity index (χ1) is 16.0. The topological polar surface area (TPSA) is 95.5 Å². The maximum Gasteiger partial charge on any atom is 0.220 e. The Hall–Kier alpha value is -3.60. The molecule has 0 aliphatic carbocycles. The molecule has 8 heteroatoms. The Labute approximate surface area is 194 Å². The van der Waals surface area contributed by atoms with Gasteiger partial charge in [0, 0.05) is 42.9 Å². The van der Waals surface area contributed by atoms with E-state index in [9.17, 15) is 10.1 Å². The largest absolute Gasteiger partial charge is 0.492 e. The number of carbonyl (C=O) groups is 1. The van der Waals surface area contributed by atoms with E-state index in [0.29, 0.717) is 30.3 Å². The summed E-state index contributed by atoms with van der Waals surface area (Å²) in [7, 11) is 0. The molecule has 33 heavy (non-hydrogen) atoms. The van der Waals surface area contributed by atoms with Gasteiger partial charge in [-0.15, -0.1) is 0 Å². The Morgan fingerprint density at radius 2 is 2.09 bits per heavy atom. The first kappa shape index (κ1) is 22.6. The minimum Gasteiger partial charge on any atom is -0.492 e. The van der Waals surface area contributed by atoms with Gasteiger partial charge >= 0.3 is 0 Å². The second-order valence-corrected chi connectivity index (χ2v) is 8.82. The maximum absolute atomic E-state index is 12.1. The predicted molar refractivity (Wildman–Crippen MR) is 127 cm³/mol. The molecule has 1 saturated heterocycles. The Kier molecular flexibility index (Phi) is 6.78. The van der Waals surface area contributed by atoms with Gasteiger partial charge in [-0.2, -0.15) is 10.4 Å². The Morgan fingerprint density at radius 3 is 2.73 bits per heavy atom. The second kappa shape index (κ2) is 9.90. The molecule has 0 aromatic carbocycles. The first-order valence-corrected chi connectivity index (χ1v) is 11.5. The van der Waals surface area contributed by atoms with Gasteiger partial charge in [0.25, 0.3) is 0 Å². The summed E-state index contributed by atoms with van der Waals surface area (Å²) >= 11 is 0. The quantitative estimate of drug-likeness (QED) is 0.593. The highest BCUT2D eigenvalue weighted by Crippen LogP contribution is 2.31. The van der Waals surface area contributed by atoms with Crippen molar-refractivity contribution in [2.75, 3.05) is 24.6 Å². The van der Waals surface area contributed by atoms with Crippen molar-refractivity contribution in [2.45, 2.75) is 46.1 Å². The van der Waals surface area contributed by atoms with Gasteiger partial charge < -0.3 is 15.0 Å². The van der Waals surface area contributed by atoms with Crippen molar-refractivity contribution in [3.05, 3.63) is 42.4 Å². The third kappa shape index (κ3) is 5.08. The molecule has 0 radical (unpaired) electrons. The van der Waals surface area contributed by atoms with Crippen molar-refractivity contribution in [3.8, 4) is 22.9 Å². The van der Waals surface area contributed by atoms with Crippen LogP contribution in [0.4, 0.5) is 5.82 Å². The molecule has 172 valence electrons. The van der Waals surface area contributed by atoms with Crippen LogP contribution in [0.3, 0.4) is 0 Å². The van der Waals surface area contributed by atoms with Crippen molar-refractivity contribution in [1.29, 1.82) is 5.26 Å². The van der Waals surface area contributed by atoms with Crippen LogP contribution in [0.2, 0.25) is 0 Å². The highest BCUT2D eigenvalue weighted by Gasteiger charge is 2.22. The molecule has 4 rings (SSSR count). The summed E-state index contributed by atoms with van der Waals surface area (Å²) in [6, 6.07) is 8.42. The van der Waals surface area contributed by atoms with E-state index in [4.69, 9.17) is 9.72 Å². The number of hydrogen-bond donors (Lipinski definition) is 1. The van der Waals surface area contributed by atoms with Gasteiger partial charge in [0.1, 0.15) is 17.6 Å². The normalized spacial score (nSPS) is 14.5. The van der Waals surface area contributed by atoms with Crippen molar-refractivity contribution >= 4 is 17.2 Å². The summed E-state index contributed by atoms with van der Waals surface area (Å²) in [5.74, 6) is 2.12. The van der Waals surface area contributed by atoms with Gasteiger partial charge in [0.2, 0.25) is 5.91 Å². The first-order valence-electron chi connectivity index (χ1n) is 11.5. The number of nitrogens with one attached hydrogen (secondary N) is 1. The molecule has 3 aromatic heterocycles. The van der Waals surface area contributed by atoms with E-state index in [-0.39, 0.29) is 11.9 Å². The molecule has 0 unspecified atom stereocenters. The molecule has 8 nitrogen and oxygen atoms in total. The molecular formula is C25H30N6O2. The van der Waals surface area contributed by atoms with Gasteiger partial charge in [-0.25, -0.2) is 9.50 Å². The summed E-state index contributed by atoms with van der Waals surface area (Å²) in [6.07, 6.45) is 7.59. The van der Waals surface area contributed by atoms with Crippen molar-refractivity contribution in [3.63, 3.8) is 0 Å². The van der Waals surface area contributed by atoms with Crippen molar-refractivity contribution < 1.29 is 9.53 Å². The van der Waals surface area contributed by atoms with Gasteiger partial charge in [-0.3, -0.25) is 4.79 Å². The number of aromatic nitrogens is 3.